The van der Waals surface area contributed by atoms with Crippen molar-refractivity contribution in [3.8, 4) is 0 Å². The maximum Gasteiger partial charge on any atom is 0.306 e. The molecule has 0 amide bonds. The standard InChI is InChI=1S/C75H132O6/c1-4-7-10-13-16-18-20-22-24-26-28-30-31-32-33-34-35-36-37-38-39-40-41-42-43-45-46-48-50-52-54-56-59-62-65-68-74(77)80-71-72(70-79-73(76)67-64-61-58-15-12-9-6-3)81-75(78)69-66-63-60-57-55-53-51-49-47-44-29-27-25-23-21-19-17-14-11-8-5-2/h8,11,17,19,23,25-26,28-29,44,49,51,55,57,72H,4-7,9-10,12-16,18,20-22,24,27,30-43,45-48,50,52-54,56,58-71H2,1-3H3/b11-8-,19-17-,25-23-,28-26-,44-29-,51-49-,57-55-. The fourth-order valence-electron chi connectivity index (χ4n) is 10.2. The first kappa shape index (κ1) is 77.6. The average molecular weight is 1130 g/mol. The van der Waals surface area contributed by atoms with E-state index in [0.717, 1.165) is 89.9 Å². The number of carbonyl (C=O) groups is 3. The van der Waals surface area contributed by atoms with Crippen LogP contribution < -0.4 is 0 Å². The fraction of sp³-hybridized carbons (Fsp3) is 0.773. The number of hydrogen-bond acceptors (Lipinski definition) is 6. The normalized spacial score (nSPS) is 12.6. The Bertz CT molecular complexity index is 1530. The Morgan fingerprint density at radius 1 is 0.259 bits per heavy atom. The predicted molar refractivity (Wildman–Crippen MR) is 353 cm³/mol. The van der Waals surface area contributed by atoms with Gasteiger partial charge in [-0.05, 0) is 96.3 Å². The molecule has 0 aromatic heterocycles. The first-order valence-corrected chi connectivity index (χ1v) is 35.1. The molecule has 1 atom stereocenters. The van der Waals surface area contributed by atoms with Gasteiger partial charge in [0.15, 0.2) is 6.10 Å². The molecule has 0 radical (unpaired) electrons. The van der Waals surface area contributed by atoms with Crippen LogP contribution in [0.4, 0.5) is 0 Å². The van der Waals surface area contributed by atoms with Gasteiger partial charge in [0.2, 0.25) is 0 Å². The van der Waals surface area contributed by atoms with Crippen LogP contribution in [0.1, 0.15) is 355 Å². The molecule has 468 valence electrons. The Kier molecular flexibility index (Phi) is 66.2. The van der Waals surface area contributed by atoms with Crippen molar-refractivity contribution in [3.63, 3.8) is 0 Å². The molecule has 0 heterocycles. The van der Waals surface area contributed by atoms with Gasteiger partial charge in [-0.3, -0.25) is 14.4 Å². The van der Waals surface area contributed by atoms with Crippen molar-refractivity contribution in [1.82, 2.24) is 0 Å². The van der Waals surface area contributed by atoms with E-state index in [9.17, 15) is 14.4 Å². The number of allylic oxidation sites excluding steroid dienone is 14. The maximum atomic E-state index is 12.8. The van der Waals surface area contributed by atoms with Gasteiger partial charge in [-0.2, -0.15) is 0 Å². The molecule has 6 nitrogen and oxygen atoms in total. The third-order valence-electron chi connectivity index (χ3n) is 15.4. The van der Waals surface area contributed by atoms with Crippen LogP contribution in [-0.4, -0.2) is 37.2 Å². The van der Waals surface area contributed by atoms with Gasteiger partial charge in [-0.15, -0.1) is 0 Å². The molecule has 0 aliphatic rings. The van der Waals surface area contributed by atoms with Gasteiger partial charge in [0.25, 0.3) is 0 Å². The van der Waals surface area contributed by atoms with Crippen LogP contribution in [0.3, 0.4) is 0 Å². The third kappa shape index (κ3) is 67.3. The molecule has 0 N–H and O–H groups in total. The number of ether oxygens (including phenoxy) is 3. The van der Waals surface area contributed by atoms with E-state index in [2.05, 4.69) is 106 Å². The molecule has 0 spiro atoms. The minimum atomic E-state index is -0.797. The highest BCUT2D eigenvalue weighted by Gasteiger charge is 2.19. The SMILES string of the molecule is CC/C=C\C/C=C\C/C=C\C/C=C\C/C=C\C/C=C\CCCCC(=O)OC(COC(=O)CCCCCCCCC)COC(=O)CCCCCCCCCCCCCCCCCCCCCCCCC/C=C\CCCCCCCCCC. The Balaban J connectivity index is 4.02. The molecule has 0 aliphatic heterocycles. The highest BCUT2D eigenvalue weighted by atomic mass is 16.6. The molecular formula is C75H132O6. The lowest BCUT2D eigenvalue weighted by Gasteiger charge is -2.18. The summed E-state index contributed by atoms with van der Waals surface area (Å²) in [6.45, 7) is 6.48. The minimum Gasteiger partial charge on any atom is -0.462 e. The van der Waals surface area contributed by atoms with Gasteiger partial charge in [0, 0.05) is 19.3 Å². The summed E-state index contributed by atoms with van der Waals surface area (Å²) in [6.07, 6.45) is 92.4. The Hall–Kier alpha value is -3.41. The van der Waals surface area contributed by atoms with Crippen LogP contribution in [0.25, 0.3) is 0 Å². The third-order valence-corrected chi connectivity index (χ3v) is 15.4. The van der Waals surface area contributed by atoms with E-state index in [1.54, 1.807) is 0 Å². The largest absolute Gasteiger partial charge is 0.462 e. The lowest BCUT2D eigenvalue weighted by molar-refractivity contribution is -0.167. The summed E-state index contributed by atoms with van der Waals surface area (Å²) >= 11 is 0. The molecule has 0 saturated heterocycles. The number of rotatable bonds is 64. The van der Waals surface area contributed by atoms with Crippen molar-refractivity contribution in [1.29, 1.82) is 0 Å². The Morgan fingerprint density at radius 3 is 0.790 bits per heavy atom. The van der Waals surface area contributed by atoms with Crippen LogP contribution in [0.5, 0.6) is 0 Å². The smallest absolute Gasteiger partial charge is 0.306 e. The highest BCUT2D eigenvalue weighted by molar-refractivity contribution is 5.71. The average Bonchev–Trinajstić information content (AvgIpc) is 3.47. The Labute approximate surface area is 503 Å². The molecule has 0 bridgehead atoms. The lowest BCUT2D eigenvalue weighted by Crippen LogP contribution is -2.30. The maximum absolute atomic E-state index is 12.8. The van der Waals surface area contributed by atoms with Gasteiger partial charge in [0.1, 0.15) is 13.2 Å². The van der Waals surface area contributed by atoms with Crippen LogP contribution in [0.2, 0.25) is 0 Å². The molecule has 0 rings (SSSR count). The summed E-state index contributed by atoms with van der Waals surface area (Å²) in [4.78, 5) is 38.1. The van der Waals surface area contributed by atoms with E-state index in [-0.39, 0.29) is 37.5 Å². The summed E-state index contributed by atoms with van der Waals surface area (Å²) in [6, 6.07) is 0. The molecule has 6 heteroatoms. The monoisotopic (exact) mass is 1130 g/mol. The second kappa shape index (κ2) is 69.1. The summed E-state index contributed by atoms with van der Waals surface area (Å²) in [5.41, 5.74) is 0. The summed E-state index contributed by atoms with van der Waals surface area (Å²) in [5.74, 6) is -0.929. The zero-order chi connectivity index (χ0) is 58.5. The summed E-state index contributed by atoms with van der Waals surface area (Å²) in [7, 11) is 0. The molecule has 0 saturated carbocycles. The topological polar surface area (TPSA) is 78.9 Å². The van der Waals surface area contributed by atoms with Crippen molar-refractivity contribution in [2.24, 2.45) is 0 Å². The van der Waals surface area contributed by atoms with Crippen molar-refractivity contribution >= 4 is 17.9 Å². The van der Waals surface area contributed by atoms with E-state index in [0.29, 0.717) is 19.3 Å². The zero-order valence-electron chi connectivity index (χ0n) is 53.8. The lowest BCUT2D eigenvalue weighted by atomic mass is 10.0. The van der Waals surface area contributed by atoms with E-state index in [4.69, 9.17) is 14.2 Å². The van der Waals surface area contributed by atoms with E-state index in [1.807, 2.05) is 0 Å². The molecule has 0 fully saturated rings. The molecule has 0 aliphatic carbocycles. The first-order valence-electron chi connectivity index (χ1n) is 35.1. The minimum absolute atomic E-state index is 0.0909. The molecule has 0 aromatic rings. The van der Waals surface area contributed by atoms with Gasteiger partial charge in [0.05, 0.1) is 0 Å². The highest BCUT2D eigenvalue weighted by Crippen LogP contribution is 2.18. The van der Waals surface area contributed by atoms with Crippen LogP contribution in [-0.2, 0) is 28.6 Å². The molecular weight excluding hydrogens is 997 g/mol. The van der Waals surface area contributed by atoms with E-state index < -0.39 is 6.10 Å². The van der Waals surface area contributed by atoms with Gasteiger partial charge < -0.3 is 14.2 Å². The second-order valence-corrected chi connectivity index (χ2v) is 23.4. The Morgan fingerprint density at radius 2 is 0.481 bits per heavy atom. The second-order valence-electron chi connectivity index (χ2n) is 23.4. The van der Waals surface area contributed by atoms with Gasteiger partial charge in [-0.25, -0.2) is 0 Å². The quantitative estimate of drug-likeness (QED) is 0.0261. The van der Waals surface area contributed by atoms with Crippen LogP contribution >= 0.6 is 0 Å². The van der Waals surface area contributed by atoms with Gasteiger partial charge >= 0.3 is 17.9 Å². The number of hydrogen-bond donors (Lipinski definition) is 0. The molecule has 1 unspecified atom stereocenters. The van der Waals surface area contributed by atoms with Crippen molar-refractivity contribution in [2.45, 2.75) is 361 Å². The summed E-state index contributed by atoms with van der Waals surface area (Å²) < 4.78 is 16.8. The van der Waals surface area contributed by atoms with E-state index in [1.165, 1.54) is 218 Å². The number of unbranched alkanes of at least 4 members (excludes halogenated alkanes) is 39. The van der Waals surface area contributed by atoms with Crippen molar-refractivity contribution in [3.05, 3.63) is 85.1 Å². The predicted octanol–water partition coefficient (Wildman–Crippen LogP) is 24.2. The van der Waals surface area contributed by atoms with Crippen LogP contribution in [0.15, 0.2) is 85.1 Å². The fourth-order valence-corrected chi connectivity index (χ4v) is 10.2. The van der Waals surface area contributed by atoms with Crippen LogP contribution in [0, 0.1) is 0 Å². The molecule has 0 aromatic carbocycles. The zero-order valence-corrected chi connectivity index (χ0v) is 53.8. The van der Waals surface area contributed by atoms with Gasteiger partial charge in [-0.1, -0.05) is 324 Å². The molecule has 81 heavy (non-hydrogen) atoms. The first-order chi connectivity index (χ1) is 40.0. The number of carbonyl (C=O) groups excluding carboxylic acids is 3. The number of esters is 3. The van der Waals surface area contributed by atoms with Crippen molar-refractivity contribution < 1.29 is 28.6 Å². The summed E-state index contributed by atoms with van der Waals surface area (Å²) in [5, 5.41) is 0. The van der Waals surface area contributed by atoms with E-state index >= 15 is 0 Å². The van der Waals surface area contributed by atoms with Crippen molar-refractivity contribution in [2.75, 3.05) is 13.2 Å².